The largest absolute Gasteiger partial charge is 0.479 e. The van der Waals surface area contributed by atoms with Crippen molar-refractivity contribution in [1.82, 2.24) is 4.98 Å². The number of non-ortho nitro benzene ring substituents is 1. The molecule has 3 rings (SSSR count). The van der Waals surface area contributed by atoms with E-state index in [0.29, 0.717) is 17.0 Å². The molecule has 132 valence electrons. The highest BCUT2D eigenvalue weighted by Crippen LogP contribution is 2.26. The lowest BCUT2D eigenvalue weighted by atomic mass is 10.2. The van der Waals surface area contributed by atoms with Gasteiger partial charge in [0.15, 0.2) is 6.10 Å². The number of carboxylic acid groups (broad SMARTS) is 1. The van der Waals surface area contributed by atoms with Crippen molar-refractivity contribution in [3.63, 3.8) is 0 Å². The first kappa shape index (κ1) is 17.2. The van der Waals surface area contributed by atoms with Gasteiger partial charge in [0.1, 0.15) is 11.5 Å². The van der Waals surface area contributed by atoms with Crippen LogP contribution in [0, 0.1) is 10.1 Å². The van der Waals surface area contributed by atoms with Crippen LogP contribution >= 0.6 is 0 Å². The lowest BCUT2D eigenvalue weighted by Crippen LogP contribution is -2.22. The standard InChI is InChI=1S/C18H14N2O6/c1-11(18(21)22)25-14-5-7-15(8-6-14)26-17-9-3-12-2-4-13(20(23)24)10-16(12)19-17/h2-11H,1H3,(H,21,22)/t11-/m1/s1. The Kier molecular flexibility index (Phi) is 4.66. The molecule has 1 atom stereocenters. The predicted octanol–water partition coefficient (Wildman–Crippen LogP) is 3.79. The zero-order valence-electron chi connectivity index (χ0n) is 13.7. The lowest BCUT2D eigenvalue weighted by Gasteiger charge is -2.11. The Morgan fingerprint density at radius 3 is 2.42 bits per heavy atom. The van der Waals surface area contributed by atoms with Crippen molar-refractivity contribution in [2.45, 2.75) is 13.0 Å². The smallest absolute Gasteiger partial charge is 0.344 e. The molecule has 2 aromatic carbocycles. The fourth-order valence-electron chi connectivity index (χ4n) is 2.22. The van der Waals surface area contributed by atoms with Crippen LogP contribution in [0.25, 0.3) is 10.9 Å². The maximum atomic E-state index is 10.9. The van der Waals surface area contributed by atoms with E-state index in [4.69, 9.17) is 14.6 Å². The van der Waals surface area contributed by atoms with Crippen LogP contribution in [0.3, 0.4) is 0 Å². The summed E-state index contributed by atoms with van der Waals surface area (Å²) in [5.41, 5.74) is 0.406. The van der Waals surface area contributed by atoms with Crippen molar-refractivity contribution < 1.29 is 24.3 Å². The zero-order chi connectivity index (χ0) is 18.7. The van der Waals surface area contributed by atoms with E-state index in [0.717, 1.165) is 5.39 Å². The number of rotatable bonds is 6. The monoisotopic (exact) mass is 354 g/mol. The van der Waals surface area contributed by atoms with Crippen LogP contribution in [-0.4, -0.2) is 27.1 Å². The summed E-state index contributed by atoms with van der Waals surface area (Å²) >= 11 is 0. The molecule has 0 aliphatic rings. The van der Waals surface area contributed by atoms with Gasteiger partial charge in [0.25, 0.3) is 5.69 Å². The molecule has 1 aromatic heterocycles. The Hall–Kier alpha value is -3.68. The minimum absolute atomic E-state index is 0.0452. The zero-order valence-corrected chi connectivity index (χ0v) is 13.7. The molecule has 1 heterocycles. The minimum atomic E-state index is -1.06. The molecule has 3 aromatic rings. The van der Waals surface area contributed by atoms with Gasteiger partial charge in [-0.2, -0.15) is 0 Å². The van der Waals surface area contributed by atoms with Crippen molar-refractivity contribution in [2.75, 3.05) is 0 Å². The third kappa shape index (κ3) is 3.86. The van der Waals surface area contributed by atoms with Gasteiger partial charge in [0.05, 0.1) is 10.4 Å². The van der Waals surface area contributed by atoms with Gasteiger partial charge >= 0.3 is 5.97 Å². The summed E-state index contributed by atoms with van der Waals surface area (Å²) in [6, 6.07) is 14.2. The van der Waals surface area contributed by atoms with Crippen LogP contribution in [0.4, 0.5) is 5.69 Å². The second kappa shape index (κ2) is 7.06. The second-order valence-electron chi connectivity index (χ2n) is 5.46. The molecular formula is C18H14N2O6. The number of aliphatic carboxylic acids is 1. The quantitative estimate of drug-likeness (QED) is 0.529. The molecule has 0 aliphatic heterocycles. The Morgan fingerprint density at radius 2 is 1.77 bits per heavy atom. The summed E-state index contributed by atoms with van der Waals surface area (Å²) in [6.45, 7) is 1.44. The predicted molar refractivity (Wildman–Crippen MR) is 92.6 cm³/mol. The van der Waals surface area contributed by atoms with Crippen LogP contribution < -0.4 is 9.47 Å². The molecule has 0 saturated carbocycles. The van der Waals surface area contributed by atoms with Crippen LogP contribution in [0.5, 0.6) is 17.4 Å². The third-order valence-electron chi connectivity index (χ3n) is 3.57. The number of carboxylic acids is 1. The number of pyridine rings is 1. The van der Waals surface area contributed by atoms with Gasteiger partial charge in [0, 0.05) is 23.6 Å². The first-order valence-corrected chi connectivity index (χ1v) is 7.65. The van der Waals surface area contributed by atoms with Crippen molar-refractivity contribution >= 4 is 22.6 Å². The Balaban J connectivity index is 1.77. The summed E-state index contributed by atoms with van der Waals surface area (Å²) < 4.78 is 10.9. The average Bonchev–Trinajstić information content (AvgIpc) is 2.62. The highest BCUT2D eigenvalue weighted by Gasteiger charge is 2.12. The number of benzene rings is 2. The SMILES string of the molecule is C[C@@H](Oc1ccc(Oc2ccc3ccc([N+](=O)[O-])cc3n2)cc1)C(=O)O. The highest BCUT2D eigenvalue weighted by molar-refractivity contribution is 5.81. The fraction of sp³-hybridized carbons (Fsp3) is 0.111. The summed E-state index contributed by atoms with van der Waals surface area (Å²) in [6.07, 6.45) is -0.959. The maximum Gasteiger partial charge on any atom is 0.344 e. The first-order valence-electron chi connectivity index (χ1n) is 7.65. The number of aromatic nitrogens is 1. The summed E-state index contributed by atoms with van der Waals surface area (Å²) in [7, 11) is 0. The number of nitrogens with zero attached hydrogens (tertiary/aromatic N) is 2. The molecule has 0 aliphatic carbocycles. The summed E-state index contributed by atoms with van der Waals surface area (Å²) in [5.74, 6) is 0.0947. The number of fused-ring (bicyclic) bond motifs is 1. The van der Waals surface area contributed by atoms with Gasteiger partial charge < -0.3 is 14.6 Å². The minimum Gasteiger partial charge on any atom is -0.479 e. The summed E-state index contributed by atoms with van der Waals surface area (Å²) in [5, 5.41) is 20.5. The number of hydrogen-bond acceptors (Lipinski definition) is 6. The van der Waals surface area contributed by atoms with Crippen LogP contribution in [-0.2, 0) is 4.79 Å². The molecule has 1 N–H and O–H groups in total. The van der Waals surface area contributed by atoms with Gasteiger partial charge in [-0.05, 0) is 43.3 Å². The molecular weight excluding hydrogens is 340 g/mol. The highest BCUT2D eigenvalue weighted by atomic mass is 16.6. The van der Waals surface area contributed by atoms with Gasteiger partial charge in [-0.1, -0.05) is 0 Å². The van der Waals surface area contributed by atoms with Crippen LogP contribution in [0.15, 0.2) is 54.6 Å². The van der Waals surface area contributed by atoms with E-state index < -0.39 is 17.0 Å². The van der Waals surface area contributed by atoms with E-state index in [1.807, 2.05) is 0 Å². The molecule has 0 bridgehead atoms. The molecule has 26 heavy (non-hydrogen) atoms. The normalized spacial score (nSPS) is 11.7. The summed E-state index contributed by atoms with van der Waals surface area (Å²) in [4.78, 5) is 25.4. The van der Waals surface area contributed by atoms with Crippen molar-refractivity contribution in [3.05, 3.63) is 64.7 Å². The first-order chi connectivity index (χ1) is 12.4. The van der Waals surface area contributed by atoms with Gasteiger partial charge in [-0.3, -0.25) is 10.1 Å². The van der Waals surface area contributed by atoms with E-state index in [1.165, 1.54) is 19.1 Å². The topological polar surface area (TPSA) is 112 Å². The Bertz CT molecular complexity index is 971. The van der Waals surface area contributed by atoms with Gasteiger partial charge in [-0.25, -0.2) is 9.78 Å². The third-order valence-corrected chi connectivity index (χ3v) is 3.57. The molecule has 8 nitrogen and oxygen atoms in total. The lowest BCUT2D eigenvalue weighted by molar-refractivity contribution is -0.384. The Labute approximate surface area is 147 Å². The fourth-order valence-corrected chi connectivity index (χ4v) is 2.22. The molecule has 0 unspecified atom stereocenters. The van der Waals surface area contributed by atoms with Crippen LogP contribution in [0.2, 0.25) is 0 Å². The van der Waals surface area contributed by atoms with E-state index in [-0.39, 0.29) is 11.6 Å². The number of carbonyl (C=O) groups is 1. The number of hydrogen-bond donors (Lipinski definition) is 1. The molecule has 0 fully saturated rings. The number of ether oxygens (including phenoxy) is 2. The van der Waals surface area contributed by atoms with Gasteiger partial charge in [-0.15, -0.1) is 0 Å². The van der Waals surface area contributed by atoms with Crippen molar-refractivity contribution in [1.29, 1.82) is 0 Å². The molecule has 0 radical (unpaired) electrons. The van der Waals surface area contributed by atoms with Crippen LogP contribution in [0.1, 0.15) is 6.92 Å². The average molecular weight is 354 g/mol. The molecule has 0 spiro atoms. The second-order valence-corrected chi connectivity index (χ2v) is 5.46. The van der Waals surface area contributed by atoms with E-state index in [2.05, 4.69) is 4.98 Å². The molecule has 8 heteroatoms. The van der Waals surface area contributed by atoms with Crippen molar-refractivity contribution in [3.8, 4) is 17.4 Å². The molecule has 0 amide bonds. The Morgan fingerprint density at radius 1 is 1.12 bits per heavy atom. The number of nitro groups is 1. The number of nitro benzene ring substituents is 1. The van der Waals surface area contributed by atoms with E-state index in [9.17, 15) is 14.9 Å². The molecule has 0 saturated heterocycles. The van der Waals surface area contributed by atoms with Gasteiger partial charge in [0.2, 0.25) is 5.88 Å². The van der Waals surface area contributed by atoms with Crippen molar-refractivity contribution in [2.24, 2.45) is 0 Å². The van der Waals surface area contributed by atoms with E-state index >= 15 is 0 Å². The van der Waals surface area contributed by atoms with E-state index in [1.54, 1.807) is 42.5 Å². The maximum absolute atomic E-state index is 10.9.